The van der Waals surface area contributed by atoms with E-state index in [1.165, 1.54) is 28.5 Å². The van der Waals surface area contributed by atoms with E-state index in [0.29, 0.717) is 30.2 Å². The molecule has 0 atom stereocenters. The summed E-state index contributed by atoms with van der Waals surface area (Å²) in [5.74, 6) is -1.37. The fourth-order valence-corrected chi connectivity index (χ4v) is 4.95. The van der Waals surface area contributed by atoms with E-state index in [9.17, 15) is 9.18 Å². The van der Waals surface area contributed by atoms with Gasteiger partial charge in [-0.05, 0) is 47.4 Å². The summed E-state index contributed by atoms with van der Waals surface area (Å²) in [6.45, 7) is 1.59. The zero-order valence-corrected chi connectivity index (χ0v) is 17.6. The van der Waals surface area contributed by atoms with Crippen molar-refractivity contribution < 1.29 is 14.3 Å². The molecule has 0 unspecified atom stereocenters. The van der Waals surface area contributed by atoms with E-state index in [-0.39, 0.29) is 11.7 Å². The number of hydrogen-bond acceptors (Lipinski definition) is 4. The molecule has 0 bridgehead atoms. The first kappa shape index (κ1) is 19.8. The second kappa shape index (κ2) is 8.21. The molecule has 1 fully saturated rings. The number of carboxylic acid groups (broad SMARTS) is 1. The van der Waals surface area contributed by atoms with Crippen molar-refractivity contribution in [2.45, 2.75) is 13.0 Å². The molecule has 1 aliphatic heterocycles. The Kier molecular flexibility index (Phi) is 5.26. The Morgan fingerprint density at radius 1 is 1.03 bits per heavy atom. The summed E-state index contributed by atoms with van der Waals surface area (Å²) in [5.41, 5.74) is 4.66. The van der Waals surface area contributed by atoms with Crippen LogP contribution in [0, 0.1) is 11.7 Å². The third kappa shape index (κ3) is 4.22. The standard InChI is InChI=1S/C25H21FN2O2S/c26-21-11-18(13-28-14-19(15-28)25(29)30)6-8-20(21)24-27-22-12-17(7-9-23(22)31-24)10-16-4-2-1-3-5-16/h1-9,11-12,19H,10,13-15H2,(H,29,30). The highest BCUT2D eigenvalue weighted by Crippen LogP contribution is 2.33. The number of likely N-dealkylation sites (tertiary alicyclic amines) is 1. The first-order chi connectivity index (χ1) is 15.0. The second-order valence-corrected chi connectivity index (χ2v) is 9.06. The number of halogens is 1. The van der Waals surface area contributed by atoms with Gasteiger partial charge in [-0.2, -0.15) is 0 Å². The summed E-state index contributed by atoms with van der Waals surface area (Å²) in [7, 11) is 0. The van der Waals surface area contributed by atoms with Gasteiger partial charge in [0.15, 0.2) is 0 Å². The molecule has 31 heavy (non-hydrogen) atoms. The van der Waals surface area contributed by atoms with Gasteiger partial charge in [-0.25, -0.2) is 9.37 Å². The molecule has 1 aliphatic rings. The van der Waals surface area contributed by atoms with Crippen molar-refractivity contribution in [2.24, 2.45) is 5.92 Å². The van der Waals surface area contributed by atoms with Gasteiger partial charge < -0.3 is 5.11 Å². The molecular formula is C25H21FN2O2S. The van der Waals surface area contributed by atoms with E-state index in [2.05, 4.69) is 30.3 Å². The van der Waals surface area contributed by atoms with Crippen LogP contribution in [0.15, 0.2) is 66.7 Å². The van der Waals surface area contributed by atoms with Gasteiger partial charge in [-0.1, -0.05) is 42.5 Å². The molecule has 1 saturated heterocycles. The molecule has 0 radical (unpaired) electrons. The molecule has 0 spiro atoms. The van der Waals surface area contributed by atoms with Crippen LogP contribution in [0.25, 0.3) is 20.8 Å². The Labute approximate surface area is 183 Å². The average Bonchev–Trinajstić information content (AvgIpc) is 3.14. The number of aliphatic carboxylic acids is 1. The number of rotatable bonds is 6. The van der Waals surface area contributed by atoms with E-state index in [1.54, 1.807) is 6.07 Å². The normalized spacial score (nSPS) is 14.6. The van der Waals surface area contributed by atoms with Gasteiger partial charge in [0.1, 0.15) is 10.8 Å². The zero-order valence-electron chi connectivity index (χ0n) is 16.8. The zero-order chi connectivity index (χ0) is 21.4. The van der Waals surface area contributed by atoms with Crippen LogP contribution < -0.4 is 0 Å². The molecule has 1 N–H and O–H groups in total. The van der Waals surface area contributed by atoms with E-state index >= 15 is 0 Å². The smallest absolute Gasteiger partial charge is 0.309 e. The number of benzene rings is 3. The highest BCUT2D eigenvalue weighted by Gasteiger charge is 2.32. The number of hydrogen-bond donors (Lipinski definition) is 1. The van der Waals surface area contributed by atoms with E-state index in [1.807, 2.05) is 29.2 Å². The average molecular weight is 433 g/mol. The predicted molar refractivity (Wildman–Crippen MR) is 121 cm³/mol. The molecule has 156 valence electrons. The molecule has 0 saturated carbocycles. The molecule has 0 aliphatic carbocycles. The Morgan fingerprint density at radius 3 is 2.55 bits per heavy atom. The lowest BCUT2D eigenvalue weighted by molar-refractivity contribution is -0.147. The van der Waals surface area contributed by atoms with Crippen LogP contribution in [0.2, 0.25) is 0 Å². The molecule has 0 amide bonds. The van der Waals surface area contributed by atoms with Gasteiger partial charge in [0, 0.05) is 25.2 Å². The Morgan fingerprint density at radius 2 is 1.81 bits per heavy atom. The summed E-state index contributed by atoms with van der Waals surface area (Å²) in [6, 6.07) is 21.8. The largest absolute Gasteiger partial charge is 0.481 e. The van der Waals surface area contributed by atoms with E-state index < -0.39 is 5.97 Å². The lowest BCUT2D eigenvalue weighted by Crippen LogP contribution is -2.49. The summed E-state index contributed by atoms with van der Waals surface area (Å²) in [6.07, 6.45) is 0.839. The monoisotopic (exact) mass is 432 g/mol. The molecule has 4 nitrogen and oxygen atoms in total. The lowest BCUT2D eigenvalue weighted by Gasteiger charge is -2.36. The van der Waals surface area contributed by atoms with E-state index in [0.717, 1.165) is 22.2 Å². The third-order valence-corrected chi connectivity index (χ3v) is 6.75. The quantitative estimate of drug-likeness (QED) is 0.454. The highest BCUT2D eigenvalue weighted by atomic mass is 32.1. The fraction of sp³-hybridized carbons (Fsp3) is 0.200. The lowest BCUT2D eigenvalue weighted by atomic mass is 9.99. The van der Waals surface area contributed by atoms with Crippen molar-refractivity contribution in [3.05, 3.63) is 89.2 Å². The molecular weight excluding hydrogens is 411 g/mol. The molecule has 6 heteroatoms. The maximum atomic E-state index is 14.9. The van der Waals surface area contributed by atoms with Crippen LogP contribution >= 0.6 is 11.3 Å². The first-order valence-corrected chi connectivity index (χ1v) is 11.0. The number of carboxylic acids is 1. The van der Waals surface area contributed by atoms with Gasteiger partial charge in [0.05, 0.1) is 16.1 Å². The minimum Gasteiger partial charge on any atom is -0.481 e. The summed E-state index contributed by atoms with van der Waals surface area (Å²) < 4.78 is 15.9. The number of thiazole rings is 1. The minimum absolute atomic E-state index is 0.295. The summed E-state index contributed by atoms with van der Waals surface area (Å²) in [5, 5.41) is 9.65. The van der Waals surface area contributed by atoms with Crippen LogP contribution in [-0.4, -0.2) is 34.0 Å². The topological polar surface area (TPSA) is 53.4 Å². The van der Waals surface area contributed by atoms with Crippen LogP contribution in [0.5, 0.6) is 0 Å². The Hall–Kier alpha value is -3.09. The molecule has 1 aromatic heterocycles. The number of nitrogens with zero attached hydrogens (tertiary/aromatic N) is 2. The predicted octanol–water partition coefficient (Wildman–Crippen LogP) is 5.21. The molecule has 4 aromatic rings. The highest BCUT2D eigenvalue weighted by molar-refractivity contribution is 7.21. The van der Waals surface area contributed by atoms with Gasteiger partial charge in [-0.15, -0.1) is 11.3 Å². The van der Waals surface area contributed by atoms with Crippen molar-refractivity contribution in [1.82, 2.24) is 9.88 Å². The van der Waals surface area contributed by atoms with Crippen molar-refractivity contribution in [2.75, 3.05) is 13.1 Å². The summed E-state index contributed by atoms with van der Waals surface area (Å²) >= 11 is 1.49. The molecule has 5 rings (SSSR count). The first-order valence-electron chi connectivity index (χ1n) is 10.2. The second-order valence-electron chi connectivity index (χ2n) is 8.03. The van der Waals surface area contributed by atoms with Crippen molar-refractivity contribution in [3.63, 3.8) is 0 Å². The maximum Gasteiger partial charge on any atom is 0.309 e. The Balaban J connectivity index is 1.33. The fourth-order valence-electron chi connectivity index (χ4n) is 3.97. The van der Waals surface area contributed by atoms with Crippen molar-refractivity contribution in [1.29, 1.82) is 0 Å². The minimum atomic E-state index is -0.763. The van der Waals surface area contributed by atoms with Gasteiger partial charge >= 0.3 is 5.97 Å². The van der Waals surface area contributed by atoms with Crippen LogP contribution in [0.3, 0.4) is 0 Å². The van der Waals surface area contributed by atoms with Gasteiger partial charge in [0.25, 0.3) is 0 Å². The maximum absolute atomic E-state index is 14.9. The van der Waals surface area contributed by atoms with Crippen LogP contribution in [-0.2, 0) is 17.8 Å². The SMILES string of the molecule is O=C(O)C1CN(Cc2ccc(-c3nc4cc(Cc5ccccc5)ccc4s3)c(F)c2)C1. The van der Waals surface area contributed by atoms with Crippen molar-refractivity contribution in [3.8, 4) is 10.6 Å². The summed E-state index contributed by atoms with van der Waals surface area (Å²) in [4.78, 5) is 17.6. The van der Waals surface area contributed by atoms with E-state index in [4.69, 9.17) is 10.1 Å². The van der Waals surface area contributed by atoms with Crippen molar-refractivity contribution >= 4 is 27.5 Å². The third-order valence-electron chi connectivity index (χ3n) is 5.68. The van der Waals surface area contributed by atoms with Crippen LogP contribution in [0.4, 0.5) is 4.39 Å². The van der Waals surface area contributed by atoms with Crippen LogP contribution in [0.1, 0.15) is 16.7 Å². The number of aromatic nitrogens is 1. The number of fused-ring (bicyclic) bond motifs is 1. The van der Waals surface area contributed by atoms with Gasteiger partial charge in [-0.3, -0.25) is 9.69 Å². The molecule has 2 heterocycles. The van der Waals surface area contributed by atoms with Gasteiger partial charge in [0.2, 0.25) is 0 Å². The Bertz CT molecular complexity index is 1250. The molecule has 3 aromatic carbocycles. The number of carbonyl (C=O) groups is 1.